The molecule has 100 valence electrons. The summed E-state index contributed by atoms with van der Waals surface area (Å²) in [4.78, 5) is 7.92. The topological polar surface area (TPSA) is 36.4 Å². The van der Waals surface area contributed by atoms with Gasteiger partial charge >= 0.3 is 0 Å². The van der Waals surface area contributed by atoms with E-state index in [1.165, 1.54) is 25.7 Å². The molecule has 4 heteroatoms. The van der Waals surface area contributed by atoms with Gasteiger partial charge in [-0.2, -0.15) is 0 Å². The Hall–Kier alpha value is -0.450. The van der Waals surface area contributed by atoms with Crippen molar-refractivity contribution in [1.82, 2.24) is 9.88 Å². The first-order valence-corrected chi connectivity index (χ1v) is 7.79. The van der Waals surface area contributed by atoms with Crippen molar-refractivity contribution in [2.75, 3.05) is 7.05 Å². The van der Waals surface area contributed by atoms with Crippen molar-refractivity contribution >= 4 is 11.3 Å². The van der Waals surface area contributed by atoms with Gasteiger partial charge in [0.25, 0.3) is 0 Å². The van der Waals surface area contributed by atoms with Gasteiger partial charge in [-0.3, -0.25) is 4.90 Å². The van der Waals surface area contributed by atoms with Crippen LogP contribution in [0.5, 0.6) is 0 Å². The lowest BCUT2D eigenvalue weighted by Gasteiger charge is -2.27. The molecule has 0 aliphatic heterocycles. The fraction of sp³-hybridized carbons (Fsp3) is 0.786. The SMILES string of the molecule is CC(O)c1cnc(CN(C)C(C2CC2)C2CC2)s1. The molecular formula is C14H22N2OS. The molecule has 0 radical (unpaired) electrons. The summed E-state index contributed by atoms with van der Waals surface area (Å²) in [6.07, 6.45) is 7.11. The van der Waals surface area contributed by atoms with Gasteiger partial charge in [-0.15, -0.1) is 11.3 Å². The van der Waals surface area contributed by atoms with E-state index in [1.54, 1.807) is 18.3 Å². The molecule has 1 heterocycles. The van der Waals surface area contributed by atoms with Crippen LogP contribution in [0.25, 0.3) is 0 Å². The highest BCUT2D eigenvalue weighted by atomic mass is 32.1. The maximum absolute atomic E-state index is 9.53. The smallest absolute Gasteiger partial charge is 0.107 e. The molecule has 1 N–H and O–H groups in total. The van der Waals surface area contributed by atoms with E-state index in [0.29, 0.717) is 0 Å². The Morgan fingerprint density at radius 3 is 2.44 bits per heavy atom. The van der Waals surface area contributed by atoms with Crippen molar-refractivity contribution in [1.29, 1.82) is 0 Å². The van der Waals surface area contributed by atoms with E-state index >= 15 is 0 Å². The molecule has 3 nitrogen and oxygen atoms in total. The molecule has 1 unspecified atom stereocenters. The van der Waals surface area contributed by atoms with E-state index in [9.17, 15) is 5.11 Å². The molecule has 0 spiro atoms. The Kier molecular flexibility index (Phi) is 3.43. The molecule has 0 bridgehead atoms. The van der Waals surface area contributed by atoms with Crippen LogP contribution in [0.4, 0.5) is 0 Å². The average molecular weight is 266 g/mol. The number of aliphatic hydroxyl groups is 1. The fourth-order valence-electron chi connectivity index (χ4n) is 2.89. The Morgan fingerprint density at radius 2 is 2.00 bits per heavy atom. The summed E-state index contributed by atoms with van der Waals surface area (Å²) in [6.45, 7) is 2.74. The third kappa shape index (κ3) is 2.76. The van der Waals surface area contributed by atoms with Crippen LogP contribution in [0.15, 0.2) is 6.20 Å². The van der Waals surface area contributed by atoms with E-state index in [1.807, 2.05) is 6.20 Å². The number of thiazole rings is 1. The highest BCUT2D eigenvalue weighted by Gasteiger charge is 2.43. The quantitative estimate of drug-likeness (QED) is 0.860. The summed E-state index contributed by atoms with van der Waals surface area (Å²) in [5, 5.41) is 10.7. The van der Waals surface area contributed by atoms with Crippen LogP contribution in [0.2, 0.25) is 0 Å². The van der Waals surface area contributed by atoms with Crippen molar-refractivity contribution < 1.29 is 5.11 Å². The number of nitrogens with zero attached hydrogens (tertiary/aromatic N) is 2. The highest BCUT2D eigenvalue weighted by Crippen LogP contribution is 2.47. The van der Waals surface area contributed by atoms with Crippen LogP contribution in [0, 0.1) is 11.8 Å². The molecule has 3 rings (SSSR count). The van der Waals surface area contributed by atoms with Crippen LogP contribution in [-0.2, 0) is 6.54 Å². The van der Waals surface area contributed by atoms with Crippen molar-refractivity contribution in [2.24, 2.45) is 11.8 Å². The molecule has 0 saturated heterocycles. The third-order valence-electron chi connectivity index (χ3n) is 4.09. The molecule has 0 amide bonds. The summed E-state index contributed by atoms with van der Waals surface area (Å²) < 4.78 is 0. The molecule has 1 aromatic heterocycles. The van der Waals surface area contributed by atoms with E-state index in [-0.39, 0.29) is 6.10 Å². The Labute approximate surface area is 113 Å². The Bertz CT molecular complexity index is 398. The molecule has 1 atom stereocenters. The summed E-state index contributed by atoms with van der Waals surface area (Å²) in [5.74, 6) is 1.89. The minimum atomic E-state index is -0.385. The molecule has 1 aromatic rings. The molecule has 2 aliphatic carbocycles. The first-order chi connectivity index (χ1) is 8.65. The molecule has 2 aliphatic rings. The summed E-state index contributed by atoms with van der Waals surface area (Å²) >= 11 is 1.65. The number of aliphatic hydroxyl groups excluding tert-OH is 1. The van der Waals surface area contributed by atoms with Gasteiger partial charge in [-0.25, -0.2) is 4.98 Å². The summed E-state index contributed by atoms with van der Waals surface area (Å²) in [6, 6.07) is 0.781. The Balaban J connectivity index is 1.63. The van der Waals surface area contributed by atoms with E-state index in [4.69, 9.17) is 0 Å². The van der Waals surface area contributed by atoms with Crippen LogP contribution in [0.3, 0.4) is 0 Å². The van der Waals surface area contributed by atoms with Crippen molar-refractivity contribution in [2.45, 2.75) is 51.3 Å². The van der Waals surface area contributed by atoms with Gasteiger partial charge in [-0.1, -0.05) is 0 Å². The van der Waals surface area contributed by atoms with Gasteiger partial charge < -0.3 is 5.11 Å². The van der Waals surface area contributed by atoms with Gasteiger partial charge in [-0.05, 0) is 51.5 Å². The Morgan fingerprint density at radius 1 is 1.39 bits per heavy atom. The largest absolute Gasteiger partial charge is 0.388 e. The first-order valence-electron chi connectivity index (χ1n) is 6.98. The van der Waals surface area contributed by atoms with Crippen LogP contribution < -0.4 is 0 Å². The molecule has 2 fully saturated rings. The van der Waals surface area contributed by atoms with Gasteiger partial charge in [0.05, 0.1) is 17.5 Å². The average Bonchev–Trinajstić information content (AvgIpc) is 3.22. The molecule has 2 saturated carbocycles. The molecule has 18 heavy (non-hydrogen) atoms. The minimum Gasteiger partial charge on any atom is -0.388 e. The second kappa shape index (κ2) is 4.91. The summed E-state index contributed by atoms with van der Waals surface area (Å²) in [5.41, 5.74) is 0. The van der Waals surface area contributed by atoms with E-state index < -0.39 is 0 Å². The van der Waals surface area contributed by atoms with Gasteiger partial charge in [0.2, 0.25) is 0 Å². The van der Waals surface area contributed by atoms with Crippen molar-refractivity contribution in [3.63, 3.8) is 0 Å². The lowest BCUT2D eigenvalue weighted by atomic mass is 10.1. The molecular weight excluding hydrogens is 244 g/mol. The normalized spacial score (nSPS) is 21.8. The van der Waals surface area contributed by atoms with Gasteiger partial charge in [0.1, 0.15) is 5.01 Å². The van der Waals surface area contributed by atoms with Gasteiger partial charge in [0.15, 0.2) is 0 Å². The van der Waals surface area contributed by atoms with E-state index in [0.717, 1.165) is 34.3 Å². The van der Waals surface area contributed by atoms with Crippen LogP contribution in [-0.4, -0.2) is 28.1 Å². The van der Waals surface area contributed by atoms with Crippen LogP contribution >= 0.6 is 11.3 Å². The zero-order valence-corrected chi connectivity index (χ0v) is 12.0. The number of hydrogen-bond acceptors (Lipinski definition) is 4. The maximum Gasteiger partial charge on any atom is 0.107 e. The standard InChI is InChI=1S/C14H22N2OS/c1-9(17)12-7-15-13(18-12)8-16(2)14(10-3-4-10)11-5-6-11/h7,9-11,14,17H,3-6,8H2,1-2H3. The minimum absolute atomic E-state index is 0.385. The lowest BCUT2D eigenvalue weighted by Crippen LogP contribution is -2.34. The first kappa shape index (κ1) is 12.6. The second-order valence-corrected chi connectivity index (χ2v) is 7.06. The molecule has 0 aromatic carbocycles. The lowest BCUT2D eigenvalue weighted by molar-refractivity contribution is 0.186. The van der Waals surface area contributed by atoms with Gasteiger partial charge in [0, 0.05) is 12.2 Å². The number of hydrogen-bond donors (Lipinski definition) is 1. The zero-order valence-electron chi connectivity index (χ0n) is 11.2. The monoisotopic (exact) mass is 266 g/mol. The van der Waals surface area contributed by atoms with Crippen molar-refractivity contribution in [3.8, 4) is 0 Å². The zero-order chi connectivity index (χ0) is 12.7. The predicted octanol–water partition coefficient (Wildman–Crippen LogP) is 2.82. The predicted molar refractivity (Wildman–Crippen MR) is 73.5 cm³/mol. The summed E-state index contributed by atoms with van der Waals surface area (Å²) in [7, 11) is 2.24. The maximum atomic E-state index is 9.53. The second-order valence-electron chi connectivity index (χ2n) is 5.91. The van der Waals surface area contributed by atoms with E-state index in [2.05, 4.69) is 16.9 Å². The number of aromatic nitrogens is 1. The highest BCUT2D eigenvalue weighted by molar-refractivity contribution is 7.11. The number of rotatable bonds is 6. The fourth-order valence-corrected chi connectivity index (χ4v) is 3.81. The third-order valence-corrected chi connectivity index (χ3v) is 5.24. The van der Waals surface area contributed by atoms with Crippen molar-refractivity contribution in [3.05, 3.63) is 16.1 Å². The van der Waals surface area contributed by atoms with Crippen LogP contribution in [0.1, 0.15) is 48.6 Å².